The molecule has 0 unspecified atom stereocenters. The highest BCUT2D eigenvalue weighted by Crippen LogP contribution is 2.28. The van der Waals surface area contributed by atoms with Crippen LogP contribution in [-0.4, -0.2) is 18.5 Å². The third-order valence-corrected chi connectivity index (χ3v) is 4.18. The zero-order valence-electron chi connectivity index (χ0n) is 11.6. The monoisotopic (exact) mass is 367 g/mol. The highest BCUT2D eigenvalue weighted by Gasteiger charge is 2.18. The molecule has 0 atom stereocenters. The summed E-state index contributed by atoms with van der Waals surface area (Å²) in [6, 6.07) is 8.73. The largest absolute Gasteiger partial charge is 0.462 e. The number of hydrogen-bond donors (Lipinski definition) is 1. The van der Waals surface area contributed by atoms with Crippen molar-refractivity contribution in [3.05, 3.63) is 50.8 Å². The molecule has 0 saturated carbocycles. The number of benzene rings is 1. The Hall–Kier alpha value is -1.66. The fraction of sp³-hybridized carbons (Fsp3) is 0.200. The molecule has 0 saturated heterocycles. The summed E-state index contributed by atoms with van der Waals surface area (Å²) in [5.41, 5.74) is 0.920. The molecule has 1 heterocycles. The second-order valence-corrected chi connectivity index (χ2v) is 6.45. The molecule has 21 heavy (non-hydrogen) atoms. The molecular formula is C15H14BrNO3S. The molecule has 1 aromatic carbocycles. The second-order valence-electron chi connectivity index (χ2n) is 4.28. The molecule has 0 spiro atoms. The minimum atomic E-state index is -0.423. The quantitative estimate of drug-likeness (QED) is 0.821. The molecule has 6 heteroatoms. The van der Waals surface area contributed by atoms with Crippen molar-refractivity contribution in [3.8, 4) is 0 Å². The van der Waals surface area contributed by atoms with Gasteiger partial charge in [-0.2, -0.15) is 0 Å². The molecule has 0 bridgehead atoms. The molecule has 110 valence electrons. The first-order valence-corrected chi connectivity index (χ1v) is 7.96. The van der Waals surface area contributed by atoms with Crippen LogP contribution in [0.3, 0.4) is 0 Å². The number of thiophene rings is 1. The van der Waals surface area contributed by atoms with Crippen molar-refractivity contribution in [2.24, 2.45) is 0 Å². The molecule has 0 aliphatic rings. The van der Waals surface area contributed by atoms with E-state index in [0.29, 0.717) is 22.7 Å². The first kappa shape index (κ1) is 15.7. The van der Waals surface area contributed by atoms with Crippen LogP contribution < -0.4 is 5.32 Å². The number of esters is 1. The number of hydrogen-bond acceptors (Lipinski definition) is 4. The van der Waals surface area contributed by atoms with Gasteiger partial charge in [0.25, 0.3) is 5.91 Å². The number of aryl methyl sites for hydroxylation is 1. The normalized spacial score (nSPS) is 10.2. The van der Waals surface area contributed by atoms with Gasteiger partial charge < -0.3 is 10.1 Å². The van der Waals surface area contributed by atoms with Gasteiger partial charge in [0, 0.05) is 14.9 Å². The molecule has 1 N–H and O–H groups in total. The Morgan fingerprint density at radius 2 is 1.95 bits per heavy atom. The maximum Gasteiger partial charge on any atom is 0.341 e. The van der Waals surface area contributed by atoms with Crippen LogP contribution in [0.25, 0.3) is 0 Å². The fourth-order valence-corrected chi connectivity index (χ4v) is 2.90. The van der Waals surface area contributed by atoms with Crippen LogP contribution >= 0.6 is 27.3 Å². The Bertz CT molecular complexity index is 664. The number of ether oxygens (including phenoxy) is 1. The summed E-state index contributed by atoms with van der Waals surface area (Å²) < 4.78 is 5.90. The second kappa shape index (κ2) is 6.87. The van der Waals surface area contributed by atoms with E-state index in [2.05, 4.69) is 21.2 Å². The van der Waals surface area contributed by atoms with Crippen molar-refractivity contribution in [1.29, 1.82) is 0 Å². The van der Waals surface area contributed by atoms with E-state index in [0.717, 1.165) is 9.35 Å². The molecular weight excluding hydrogens is 354 g/mol. The minimum Gasteiger partial charge on any atom is -0.462 e. The SMILES string of the molecule is CCOC(=O)c1cc(C)sc1NC(=O)c1ccc(Br)cc1. The summed E-state index contributed by atoms with van der Waals surface area (Å²) in [5.74, 6) is -0.678. The zero-order chi connectivity index (χ0) is 15.4. The predicted molar refractivity (Wildman–Crippen MR) is 87.1 cm³/mol. The van der Waals surface area contributed by atoms with E-state index in [1.165, 1.54) is 11.3 Å². The van der Waals surface area contributed by atoms with E-state index in [1.807, 2.05) is 6.92 Å². The average Bonchev–Trinajstić information content (AvgIpc) is 2.80. The van der Waals surface area contributed by atoms with E-state index in [1.54, 1.807) is 37.3 Å². The topological polar surface area (TPSA) is 55.4 Å². The lowest BCUT2D eigenvalue weighted by Gasteiger charge is -2.06. The maximum atomic E-state index is 12.2. The van der Waals surface area contributed by atoms with E-state index >= 15 is 0 Å². The summed E-state index contributed by atoms with van der Waals surface area (Å²) in [5, 5.41) is 3.28. The highest BCUT2D eigenvalue weighted by atomic mass is 79.9. The Morgan fingerprint density at radius 1 is 1.29 bits per heavy atom. The summed E-state index contributed by atoms with van der Waals surface area (Å²) >= 11 is 4.67. The number of carbonyl (C=O) groups is 2. The number of halogens is 1. The number of rotatable bonds is 4. The van der Waals surface area contributed by atoms with Crippen LogP contribution in [-0.2, 0) is 4.74 Å². The van der Waals surface area contributed by atoms with Crippen molar-refractivity contribution >= 4 is 44.1 Å². The first-order chi connectivity index (χ1) is 10.0. The lowest BCUT2D eigenvalue weighted by atomic mass is 10.2. The first-order valence-electron chi connectivity index (χ1n) is 6.35. The Balaban J connectivity index is 2.21. The third kappa shape index (κ3) is 3.92. The lowest BCUT2D eigenvalue weighted by Crippen LogP contribution is -2.14. The van der Waals surface area contributed by atoms with E-state index in [9.17, 15) is 9.59 Å². The fourth-order valence-electron chi connectivity index (χ4n) is 1.74. The van der Waals surface area contributed by atoms with Gasteiger partial charge in [0.1, 0.15) is 5.00 Å². The van der Waals surface area contributed by atoms with Crippen molar-refractivity contribution in [2.75, 3.05) is 11.9 Å². The summed E-state index contributed by atoms with van der Waals surface area (Å²) in [4.78, 5) is 25.0. The number of anilines is 1. The van der Waals surface area contributed by atoms with Crippen LogP contribution in [0.4, 0.5) is 5.00 Å². The van der Waals surface area contributed by atoms with E-state index < -0.39 is 5.97 Å². The van der Waals surface area contributed by atoms with Gasteiger partial charge >= 0.3 is 5.97 Å². The summed E-state index contributed by atoms with van der Waals surface area (Å²) in [6.07, 6.45) is 0. The standard InChI is InChI=1S/C15H14BrNO3S/c1-3-20-15(19)12-8-9(2)21-14(12)17-13(18)10-4-6-11(16)7-5-10/h4-8H,3H2,1-2H3,(H,17,18). The number of nitrogens with one attached hydrogen (secondary N) is 1. The van der Waals surface area contributed by atoms with Gasteiger partial charge in [0.2, 0.25) is 0 Å². The summed E-state index contributed by atoms with van der Waals surface area (Å²) in [6.45, 7) is 3.92. The van der Waals surface area contributed by atoms with Gasteiger partial charge in [-0.05, 0) is 44.2 Å². The Morgan fingerprint density at radius 3 is 2.57 bits per heavy atom. The molecule has 0 radical (unpaired) electrons. The van der Waals surface area contributed by atoms with Crippen molar-refractivity contribution in [3.63, 3.8) is 0 Å². The minimum absolute atomic E-state index is 0.255. The molecule has 2 rings (SSSR count). The number of amides is 1. The molecule has 1 amide bonds. The molecule has 2 aromatic rings. The van der Waals surface area contributed by atoms with Crippen LogP contribution in [0.15, 0.2) is 34.8 Å². The third-order valence-electron chi connectivity index (χ3n) is 2.68. The van der Waals surface area contributed by atoms with Gasteiger partial charge in [-0.25, -0.2) is 4.79 Å². The van der Waals surface area contributed by atoms with Gasteiger partial charge in [-0.1, -0.05) is 15.9 Å². The van der Waals surface area contributed by atoms with Crippen molar-refractivity contribution < 1.29 is 14.3 Å². The molecule has 0 aliphatic heterocycles. The Kier molecular flexibility index (Phi) is 5.14. The van der Waals surface area contributed by atoms with Crippen molar-refractivity contribution in [1.82, 2.24) is 0 Å². The lowest BCUT2D eigenvalue weighted by molar-refractivity contribution is 0.0528. The highest BCUT2D eigenvalue weighted by molar-refractivity contribution is 9.10. The molecule has 0 aliphatic carbocycles. The number of carbonyl (C=O) groups excluding carboxylic acids is 2. The van der Waals surface area contributed by atoms with Gasteiger partial charge in [0.05, 0.1) is 12.2 Å². The smallest absolute Gasteiger partial charge is 0.341 e. The van der Waals surface area contributed by atoms with E-state index in [-0.39, 0.29) is 5.91 Å². The summed E-state index contributed by atoms with van der Waals surface area (Å²) in [7, 11) is 0. The van der Waals surface area contributed by atoms with Crippen LogP contribution in [0, 0.1) is 6.92 Å². The van der Waals surface area contributed by atoms with Crippen LogP contribution in [0.1, 0.15) is 32.5 Å². The molecule has 0 fully saturated rings. The molecule has 1 aromatic heterocycles. The molecule has 4 nitrogen and oxygen atoms in total. The van der Waals surface area contributed by atoms with Crippen LogP contribution in [0.2, 0.25) is 0 Å². The average molecular weight is 368 g/mol. The maximum absolute atomic E-state index is 12.2. The van der Waals surface area contributed by atoms with Gasteiger partial charge in [-0.3, -0.25) is 4.79 Å². The van der Waals surface area contributed by atoms with Crippen LogP contribution in [0.5, 0.6) is 0 Å². The Labute approximate surface area is 135 Å². The predicted octanol–water partition coefficient (Wildman–Crippen LogP) is 4.25. The zero-order valence-corrected chi connectivity index (χ0v) is 14.0. The van der Waals surface area contributed by atoms with Gasteiger partial charge in [-0.15, -0.1) is 11.3 Å². The van der Waals surface area contributed by atoms with Crippen molar-refractivity contribution in [2.45, 2.75) is 13.8 Å². The van der Waals surface area contributed by atoms with E-state index in [4.69, 9.17) is 4.74 Å². The van der Waals surface area contributed by atoms with Gasteiger partial charge in [0.15, 0.2) is 0 Å².